The zero-order valence-corrected chi connectivity index (χ0v) is 19.6. The second kappa shape index (κ2) is 10.6. The van der Waals surface area contributed by atoms with Crippen LogP contribution in [0.1, 0.15) is 60.0 Å². The molecule has 1 fully saturated rings. The lowest BCUT2D eigenvalue weighted by atomic mass is 9.81. The fourth-order valence-electron chi connectivity index (χ4n) is 4.11. The Kier molecular flexibility index (Phi) is 8.01. The number of benzene rings is 1. The number of carboxylic acids is 1. The third-order valence-corrected chi connectivity index (χ3v) is 6.29. The van der Waals surface area contributed by atoms with Crippen molar-refractivity contribution in [2.75, 3.05) is 13.6 Å². The van der Waals surface area contributed by atoms with Gasteiger partial charge in [0.05, 0.1) is 5.69 Å². The van der Waals surface area contributed by atoms with Crippen molar-refractivity contribution in [1.29, 1.82) is 0 Å². The molecule has 34 heavy (non-hydrogen) atoms. The lowest BCUT2D eigenvalue weighted by molar-refractivity contribution is -0.192. The fraction of sp³-hybridized carbons (Fsp3) is 0.542. The Balaban J connectivity index is 0.000000406. The molecule has 4 rings (SSSR count). The fourth-order valence-corrected chi connectivity index (χ4v) is 4.11. The number of carboxylic acid groups (broad SMARTS) is 1. The molecule has 1 saturated carbocycles. The molecule has 0 radical (unpaired) electrons. The molecule has 1 aliphatic carbocycles. The lowest BCUT2D eigenvalue weighted by Crippen LogP contribution is -2.44. The third-order valence-electron chi connectivity index (χ3n) is 6.29. The highest BCUT2D eigenvalue weighted by Crippen LogP contribution is 2.31. The molecule has 1 aromatic heterocycles. The Morgan fingerprint density at radius 2 is 1.79 bits per heavy atom. The number of halogens is 3. The molecule has 0 atom stereocenters. The molecule has 7 nitrogen and oxygen atoms in total. The maximum absolute atomic E-state index is 12.7. The second-order valence-electron chi connectivity index (χ2n) is 8.97. The normalized spacial score (nSPS) is 19.9. The predicted octanol–water partition coefficient (Wildman–Crippen LogP) is 4.30. The van der Waals surface area contributed by atoms with E-state index < -0.39 is 12.1 Å². The number of aryl methyl sites for hydroxylation is 1. The van der Waals surface area contributed by atoms with Crippen LogP contribution in [0.5, 0.6) is 0 Å². The maximum atomic E-state index is 12.7. The molecule has 2 aliphatic rings. The van der Waals surface area contributed by atoms with Gasteiger partial charge in [0, 0.05) is 39.1 Å². The number of rotatable bonds is 5. The highest BCUT2D eigenvalue weighted by Gasteiger charge is 2.38. The van der Waals surface area contributed by atoms with Gasteiger partial charge in [0.1, 0.15) is 5.76 Å². The molecule has 2 heterocycles. The summed E-state index contributed by atoms with van der Waals surface area (Å²) < 4.78 is 37.6. The highest BCUT2D eigenvalue weighted by atomic mass is 19.4. The standard InChI is InChI=1S/C22H29N3O2.C2HF3O2/c1-4-16-5-7-17(8-6-16)13-25-10-9-20-19(14-25)23-21(27-20)22(26)24(3)18-11-15(2)12-18;3-2(4,5)1(6)7/h5-8,15,18H,4,9-14H2,1-3H3;(H,6,7). The van der Waals surface area contributed by atoms with E-state index in [1.807, 2.05) is 11.9 Å². The molecular formula is C24H30F3N3O4. The second-order valence-corrected chi connectivity index (χ2v) is 8.97. The maximum Gasteiger partial charge on any atom is 0.490 e. The number of aromatic nitrogens is 1. The van der Waals surface area contributed by atoms with Gasteiger partial charge in [-0.05, 0) is 36.3 Å². The van der Waals surface area contributed by atoms with Crippen LogP contribution in [0.25, 0.3) is 0 Å². The SMILES string of the molecule is CCc1ccc(CN2CCc3oc(C(=O)N(C)C4CC(C)C4)nc3C2)cc1.O=C(O)C(F)(F)F. The van der Waals surface area contributed by atoms with Crippen LogP contribution in [0.3, 0.4) is 0 Å². The van der Waals surface area contributed by atoms with Gasteiger partial charge >= 0.3 is 18.1 Å². The molecule has 2 aromatic rings. The van der Waals surface area contributed by atoms with Crippen molar-refractivity contribution in [3.63, 3.8) is 0 Å². The zero-order chi connectivity index (χ0) is 25.0. The summed E-state index contributed by atoms with van der Waals surface area (Å²) in [5.74, 6) is -0.985. The first-order chi connectivity index (χ1) is 16.0. The number of carbonyl (C=O) groups is 2. The largest absolute Gasteiger partial charge is 0.490 e. The number of aliphatic carboxylic acids is 1. The van der Waals surface area contributed by atoms with Crippen molar-refractivity contribution in [3.05, 3.63) is 52.7 Å². The minimum atomic E-state index is -5.08. The first-order valence-electron chi connectivity index (χ1n) is 11.3. The summed E-state index contributed by atoms with van der Waals surface area (Å²) in [6, 6.07) is 9.16. The Labute approximate surface area is 196 Å². The number of carbonyl (C=O) groups excluding carboxylic acids is 1. The van der Waals surface area contributed by atoms with E-state index in [1.165, 1.54) is 11.1 Å². The van der Waals surface area contributed by atoms with Crippen LogP contribution in [-0.2, 0) is 30.7 Å². The van der Waals surface area contributed by atoms with E-state index in [0.29, 0.717) is 12.0 Å². The number of hydrogen-bond donors (Lipinski definition) is 1. The van der Waals surface area contributed by atoms with E-state index in [2.05, 4.69) is 48.0 Å². The van der Waals surface area contributed by atoms with Gasteiger partial charge in [0.2, 0.25) is 0 Å². The van der Waals surface area contributed by atoms with Gasteiger partial charge in [-0.3, -0.25) is 9.69 Å². The van der Waals surface area contributed by atoms with Crippen molar-refractivity contribution >= 4 is 11.9 Å². The van der Waals surface area contributed by atoms with E-state index in [1.54, 1.807) is 0 Å². The Bertz CT molecular complexity index is 998. The molecule has 10 heteroatoms. The van der Waals surface area contributed by atoms with E-state index >= 15 is 0 Å². The third kappa shape index (κ3) is 6.37. The van der Waals surface area contributed by atoms with Crippen LogP contribution in [0.2, 0.25) is 0 Å². The van der Waals surface area contributed by atoms with Crippen LogP contribution < -0.4 is 0 Å². The summed E-state index contributed by atoms with van der Waals surface area (Å²) in [5.41, 5.74) is 3.60. The van der Waals surface area contributed by atoms with Gasteiger partial charge < -0.3 is 14.4 Å². The number of hydrogen-bond acceptors (Lipinski definition) is 5. The summed E-state index contributed by atoms with van der Waals surface area (Å²) in [7, 11) is 1.87. The molecular weight excluding hydrogens is 451 g/mol. The molecule has 0 unspecified atom stereocenters. The smallest absolute Gasteiger partial charge is 0.475 e. The van der Waals surface area contributed by atoms with E-state index in [0.717, 1.165) is 56.8 Å². The average Bonchev–Trinajstić information content (AvgIpc) is 3.19. The lowest BCUT2D eigenvalue weighted by Gasteiger charge is -2.38. The number of amides is 1. The highest BCUT2D eigenvalue weighted by molar-refractivity contribution is 5.89. The predicted molar refractivity (Wildman–Crippen MR) is 118 cm³/mol. The van der Waals surface area contributed by atoms with Crippen molar-refractivity contribution < 1.29 is 32.3 Å². The monoisotopic (exact) mass is 481 g/mol. The number of fused-ring (bicyclic) bond motifs is 1. The minimum Gasteiger partial charge on any atom is -0.475 e. The van der Waals surface area contributed by atoms with E-state index in [9.17, 15) is 18.0 Å². The molecule has 1 N–H and O–H groups in total. The molecule has 1 aromatic carbocycles. The average molecular weight is 482 g/mol. The Hall–Kier alpha value is -2.88. The Morgan fingerprint density at radius 1 is 1.21 bits per heavy atom. The topological polar surface area (TPSA) is 86.9 Å². The van der Waals surface area contributed by atoms with Gasteiger partial charge in [0.15, 0.2) is 0 Å². The van der Waals surface area contributed by atoms with E-state index in [4.69, 9.17) is 14.3 Å². The summed E-state index contributed by atoms with van der Waals surface area (Å²) in [6.45, 7) is 6.98. The van der Waals surface area contributed by atoms with Gasteiger partial charge in [-0.1, -0.05) is 38.1 Å². The minimum absolute atomic E-state index is 0.0806. The van der Waals surface area contributed by atoms with Crippen LogP contribution in [-0.4, -0.2) is 57.6 Å². The van der Waals surface area contributed by atoms with Crippen LogP contribution in [0.4, 0.5) is 13.2 Å². The quantitative estimate of drug-likeness (QED) is 0.685. The number of nitrogens with zero attached hydrogens (tertiary/aromatic N) is 3. The van der Waals surface area contributed by atoms with Crippen molar-refractivity contribution in [1.82, 2.24) is 14.8 Å². The number of alkyl halides is 3. The zero-order valence-electron chi connectivity index (χ0n) is 19.6. The molecule has 0 bridgehead atoms. The van der Waals surface area contributed by atoms with Crippen molar-refractivity contribution in [3.8, 4) is 0 Å². The Morgan fingerprint density at radius 3 is 2.32 bits per heavy atom. The van der Waals surface area contributed by atoms with Gasteiger partial charge in [-0.25, -0.2) is 9.78 Å². The molecule has 0 saturated heterocycles. The van der Waals surface area contributed by atoms with Crippen LogP contribution >= 0.6 is 0 Å². The molecule has 186 valence electrons. The van der Waals surface area contributed by atoms with Crippen LogP contribution in [0, 0.1) is 5.92 Å². The first-order valence-corrected chi connectivity index (χ1v) is 11.3. The molecule has 1 aliphatic heterocycles. The van der Waals surface area contributed by atoms with Crippen molar-refractivity contribution in [2.24, 2.45) is 5.92 Å². The van der Waals surface area contributed by atoms with Crippen molar-refractivity contribution in [2.45, 2.75) is 64.8 Å². The summed E-state index contributed by atoms with van der Waals surface area (Å²) in [4.78, 5) is 30.3. The first kappa shape index (κ1) is 25.7. The summed E-state index contributed by atoms with van der Waals surface area (Å²) in [5, 5.41) is 7.12. The van der Waals surface area contributed by atoms with Crippen LogP contribution in [0.15, 0.2) is 28.7 Å². The van der Waals surface area contributed by atoms with Gasteiger partial charge in [0.25, 0.3) is 5.89 Å². The number of oxazole rings is 1. The van der Waals surface area contributed by atoms with E-state index in [-0.39, 0.29) is 11.8 Å². The molecule has 0 spiro atoms. The summed E-state index contributed by atoms with van der Waals surface area (Å²) >= 11 is 0. The molecule has 1 amide bonds. The summed E-state index contributed by atoms with van der Waals surface area (Å²) in [6.07, 6.45) is -1.05. The van der Waals surface area contributed by atoms with Gasteiger partial charge in [-0.15, -0.1) is 0 Å². The van der Waals surface area contributed by atoms with Gasteiger partial charge in [-0.2, -0.15) is 13.2 Å².